The smallest absolute Gasteiger partial charge is 0.281 e. The van der Waals surface area contributed by atoms with Gasteiger partial charge in [0.25, 0.3) is 15.9 Å². The number of rotatable bonds is 6. The van der Waals surface area contributed by atoms with Gasteiger partial charge >= 0.3 is 0 Å². The lowest BCUT2D eigenvalue weighted by Crippen LogP contribution is -2.44. The average molecular weight is 452 g/mol. The highest BCUT2D eigenvalue weighted by Crippen LogP contribution is 2.27. The van der Waals surface area contributed by atoms with E-state index in [-0.39, 0.29) is 16.0 Å². The molecule has 0 aliphatic heterocycles. The molecule has 0 saturated carbocycles. The highest BCUT2D eigenvalue weighted by atomic mass is 32.2. The number of hydrogen-bond acceptors (Lipinski definition) is 4. The molecule has 0 heterocycles. The van der Waals surface area contributed by atoms with E-state index in [0.29, 0.717) is 5.75 Å². The molecule has 1 unspecified atom stereocenters. The summed E-state index contributed by atoms with van der Waals surface area (Å²) in [5, 5.41) is 0. The third kappa shape index (κ3) is 5.19. The number of para-hydroxylation sites is 1. The Morgan fingerprint density at radius 1 is 0.875 bits per heavy atom. The zero-order valence-electron chi connectivity index (χ0n) is 19.1. The third-order valence-corrected chi connectivity index (χ3v) is 6.87. The summed E-state index contributed by atoms with van der Waals surface area (Å²) in [6, 6.07) is 22.2. The van der Waals surface area contributed by atoms with Crippen LogP contribution in [0.2, 0.25) is 0 Å². The van der Waals surface area contributed by atoms with Gasteiger partial charge in [0.05, 0.1) is 10.6 Å². The maximum absolute atomic E-state index is 13.4. The molecule has 0 N–H and O–H groups in total. The van der Waals surface area contributed by atoms with E-state index in [2.05, 4.69) is 20.8 Å². The molecule has 0 aliphatic carbocycles. The second-order valence-electron chi connectivity index (χ2n) is 8.79. The average Bonchev–Trinajstić information content (AvgIpc) is 2.74. The highest BCUT2D eigenvalue weighted by molar-refractivity contribution is 7.93. The largest absolute Gasteiger partial charge is 0.481 e. The molecule has 3 aromatic rings. The molecule has 0 spiro atoms. The van der Waals surface area contributed by atoms with Gasteiger partial charge < -0.3 is 4.74 Å². The van der Waals surface area contributed by atoms with Crippen molar-refractivity contribution in [3.05, 3.63) is 90.0 Å². The normalized spacial score (nSPS) is 12.8. The lowest BCUT2D eigenvalue weighted by molar-refractivity contribution is -0.123. The number of nitrogens with zero attached hydrogens (tertiary/aromatic N) is 1. The number of sulfonamides is 1. The van der Waals surface area contributed by atoms with E-state index < -0.39 is 22.0 Å². The molecule has 0 radical (unpaired) electrons. The summed E-state index contributed by atoms with van der Waals surface area (Å²) in [6.07, 6.45) is -1.02. The fourth-order valence-corrected chi connectivity index (χ4v) is 4.69. The highest BCUT2D eigenvalue weighted by Gasteiger charge is 2.34. The summed E-state index contributed by atoms with van der Waals surface area (Å²) in [4.78, 5) is 13.4. The lowest BCUT2D eigenvalue weighted by atomic mass is 9.87. The molecule has 168 valence electrons. The molecule has 3 rings (SSSR count). The van der Waals surface area contributed by atoms with Gasteiger partial charge in [0.15, 0.2) is 6.10 Å². The predicted molar refractivity (Wildman–Crippen MR) is 128 cm³/mol. The Bertz CT molecular complexity index is 1160. The Kier molecular flexibility index (Phi) is 6.74. The maximum atomic E-state index is 13.4. The van der Waals surface area contributed by atoms with E-state index in [0.717, 1.165) is 15.4 Å². The number of aryl methyl sites for hydroxylation is 1. The number of ether oxygens (including phenoxy) is 1. The van der Waals surface area contributed by atoms with Crippen molar-refractivity contribution in [1.29, 1.82) is 0 Å². The second kappa shape index (κ2) is 9.17. The van der Waals surface area contributed by atoms with Gasteiger partial charge in [-0.3, -0.25) is 4.79 Å². The molecule has 0 saturated heterocycles. The van der Waals surface area contributed by atoms with Crippen LogP contribution in [0.4, 0.5) is 5.69 Å². The van der Waals surface area contributed by atoms with Crippen molar-refractivity contribution < 1.29 is 17.9 Å². The third-order valence-electron chi connectivity index (χ3n) is 5.13. The number of anilines is 1. The summed E-state index contributed by atoms with van der Waals surface area (Å²) in [7, 11) is -4.13. The van der Waals surface area contributed by atoms with E-state index in [1.165, 1.54) is 12.1 Å². The minimum Gasteiger partial charge on any atom is -0.481 e. The Morgan fingerprint density at radius 2 is 1.44 bits per heavy atom. The van der Waals surface area contributed by atoms with Gasteiger partial charge in [-0.1, -0.05) is 68.8 Å². The monoisotopic (exact) mass is 451 g/mol. The Morgan fingerprint density at radius 3 is 1.97 bits per heavy atom. The van der Waals surface area contributed by atoms with Crippen LogP contribution >= 0.6 is 0 Å². The number of carbonyl (C=O) groups is 1. The van der Waals surface area contributed by atoms with E-state index in [1.807, 2.05) is 19.1 Å². The lowest BCUT2D eigenvalue weighted by Gasteiger charge is -2.26. The van der Waals surface area contributed by atoms with Crippen molar-refractivity contribution in [3.8, 4) is 5.75 Å². The van der Waals surface area contributed by atoms with Crippen LogP contribution in [-0.4, -0.2) is 20.4 Å². The van der Waals surface area contributed by atoms with E-state index in [9.17, 15) is 13.2 Å². The van der Waals surface area contributed by atoms with Crippen molar-refractivity contribution in [1.82, 2.24) is 0 Å². The van der Waals surface area contributed by atoms with Crippen LogP contribution < -0.4 is 9.04 Å². The molecule has 1 atom stereocenters. The van der Waals surface area contributed by atoms with Gasteiger partial charge in [-0.05, 0) is 61.2 Å². The first kappa shape index (κ1) is 23.5. The fourth-order valence-electron chi connectivity index (χ4n) is 3.22. The maximum Gasteiger partial charge on any atom is 0.281 e. The van der Waals surface area contributed by atoms with Crippen molar-refractivity contribution in [2.75, 3.05) is 4.31 Å². The van der Waals surface area contributed by atoms with Crippen LogP contribution in [0.5, 0.6) is 5.75 Å². The van der Waals surface area contributed by atoms with Crippen LogP contribution in [0.15, 0.2) is 83.8 Å². The van der Waals surface area contributed by atoms with Crippen LogP contribution in [0.1, 0.15) is 38.8 Å². The van der Waals surface area contributed by atoms with E-state index in [1.54, 1.807) is 61.5 Å². The second-order valence-corrected chi connectivity index (χ2v) is 10.6. The topological polar surface area (TPSA) is 63.7 Å². The first-order chi connectivity index (χ1) is 15.0. The number of carbonyl (C=O) groups excluding carboxylic acids is 1. The molecule has 32 heavy (non-hydrogen) atoms. The molecular weight excluding hydrogens is 422 g/mol. The van der Waals surface area contributed by atoms with Crippen LogP contribution in [0.3, 0.4) is 0 Å². The minimum absolute atomic E-state index is 0.00775. The zero-order chi connectivity index (χ0) is 23.5. The SMILES string of the molecule is Cc1ccc(S(=O)(=O)N(C(=O)C(C)Oc2ccc(C(C)(C)C)cc2)c2ccccc2)cc1. The number of amides is 1. The van der Waals surface area contributed by atoms with Crippen molar-refractivity contribution in [2.45, 2.75) is 51.0 Å². The van der Waals surface area contributed by atoms with Gasteiger partial charge in [-0.15, -0.1) is 0 Å². The van der Waals surface area contributed by atoms with Crippen molar-refractivity contribution >= 4 is 21.6 Å². The quantitative estimate of drug-likeness (QED) is 0.498. The molecule has 5 nitrogen and oxygen atoms in total. The molecule has 1 amide bonds. The molecule has 6 heteroatoms. The summed E-state index contributed by atoms with van der Waals surface area (Å²) in [5.74, 6) is -0.170. The first-order valence-corrected chi connectivity index (χ1v) is 11.9. The molecular formula is C26H29NO4S. The molecule has 3 aromatic carbocycles. The Hall–Kier alpha value is -3.12. The summed E-state index contributed by atoms with van der Waals surface area (Å²) >= 11 is 0. The predicted octanol–water partition coefficient (Wildman–Crippen LogP) is 5.48. The van der Waals surface area contributed by atoms with Gasteiger partial charge in [-0.25, -0.2) is 8.42 Å². The summed E-state index contributed by atoms with van der Waals surface area (Å²) < 4.78 is 33.6. The summed E-state index contributed by atoms with van der Waals surface area (Å²) in [6.45, 7) is 9.77. The van der Waals surface area contributed by atoms with E-state index >= 15 is 0 Å². The van der Waals surface area contributed by atoms with Crippen LogP contribution in [0, 0.1) is 6.92 Å². The van der Waals surface area contributed by atoms with Crippen molar-refractivity contribution in [3.63, 3.8) is 0 Å². The first-order valence-electron chi connectivity index (χ1n) is 10.5. The Labute approximate surface area is 190 Å². The molecule has 0 aromatic heterocycles. The fraction of sp³-hybridized carbons (Fsp3) is 0.269. The zero-order valence-corrected chi connectivity index (χ0v) is 19.9. The van der Waals surface area contributed by atoms with Gasteiger partial charge in [0.2, 0.25) is 0 Å². The standard InChI is InChI=1S/C26H29NO4S/c1-19-11-17-24(18-12-19)32(29,30)27(22-9-7-6-8-10-22)25(28)20(2)31-23-15-13-21(14-16-23)26(3,4)5/h6-18,20H,1-5H3. The van der Waals surface area contributed by atoms with Gasteiger partial charge in [0.1, 0.15) is 5.75 Å². The molecule has 0 bridgehead atoms. The van der Waals surface area contributed by atoms with Crippen LogP contribution in [0.25, 0.3) is 0 Å². The van der Waals surface area contributed by atoms with E-state index in [4.69, 9.17) is 4.74 Å². The minimum atomic E-state index is -4.13. The number of benzene rings is 3. The van der Waals surface area contributed by atoms with Crippen LogP contribution in [-0.2, 0) is 20.2 Å². The molecule has 0 aliphatic rings. The van der Waals surface area contributed by atoms with Gasteiger partial charge in [0, 0.05) is 0 Å². The summed E-state index contributed by atoms with van der Waals surface area (Å²) in [5.41, 5.74) is 2.32. The van der Waals surface area contributed by atoms with Gasteiger partial charge in [-0.2, -0.15) is 4.31 Å². The molecule has 0 fully saturated rings. The number of hydrogen-bond donors (Lipinski definition) is 0. The Balaban J connectivity index is 1.93. The van der Waals surface area contributed by atoms with Crippen molar-refractivity contribution in [2.24, 2.45) is 0 Å².